The van der Waals surface area contributed by atoms with Gasteiger partial charge in [-0.3, -0.25) is 4.40 Å². The van der Waals surface area contributed by atoms with Crippen molar-refractivity contribution in [2.24, 2.45) is 11.8 Å². The van der Waals surface area contributed by atoms with Gasteiger partial charge in [0.1, 0.15) is 5.65 Å². The second kappa shape index (κ2) is 4.23. The minimum absolute atomic E-state index is 0.239. The highest BCUT2D eigenvalue weighted by atomic mass is 16.4. The number of anilines is 1. The van der Waals surface area contributed by atoms with Crippen molar-refractivity contribution in [1.82, 2.24) is 9.38 Å². The van der Waals surface area contributed by atoms with Crippen LogP contribution in [0.4, 0.5) is 5.82 Å². The van der Waals surface area contributed by atoms with Crippen LogP contribution >= 0.6 is 0 Å². The van der Waals surface area contributed by atoms with Crippen molar-refractivity contribution < 1.29 is 9.90 Å². The maximum Gasteiger partial charge on any atom is 0.356 e. The SMILES string of the molecule is O=C(O)c1c(NC2CC3CCC2C3)nc2ccccn12. The largest absolute Gasteiger partial charge is 0.476 e. The smallest absolute Gasteiger partial charge is 0.356 e. The topological polar surface area (TPSA) is 66.6 Å². The van der Waals surface area contributed by atoms with Crippen LogP contribution in [0.3, 0.4) is 0 Å². The number of carbonyl (C=O) groups is 1. The highest BCUT2D eigenvalue weighted by Gasteiger charge is 2.40. The van der Waals surface area contributed by atoms with Gasteiger partial charge in [-0.2, -0.15) is 0 Å². The van der Waals surface area contributed by atoms with Crippen LogP contribution in [-0.2, 0) is 0 Å². The molecule has 0 amide bonds. The van der Waals surface area contributed by atoms with E-state index in [1.165, 1.54) is 19.3 Å². The Balaban J connectivity index is 1.72. The summed E-state index contributed by atoms with van der Waals surface area (Å²) in [5.41, 5.74) is 0.916. The molecule has 2 aliphatic carbocycles. The average molecular weight is 271 g/mol. The maximum absolute atomic E-state index is 11.5. The van der Waals surface area contributed by atoms with E-state index in [1.54, 1.807) is 10.6 Å². The molecule has 2 aromatic rings. The second-order valence-electron chi connectivity index (χ2n) is 5.97. The van der Waals surface area contributed by atoms with Crippen LogP contribution in [0.5, 0.6) is 0 Å². The molecule has 2 aromatic heterocycles. The lowest BCUT2D eigenvalue weighted by atomic mass is 9.95. The fourth-order valence-corrected chi connectivity index (χ4v) is 3.90. The molecule has 2 heterocycles. The first-order chi connectivity index (χ1) is 9.72. The molecule has 2 saturated carbocycles. The Morgan fingerprint density at radius 1 is 1.35 bits per heavy atom. The Labute approximate surface area is 116 Å². The summed E-state index contributed by atoms with van der Waals surface area (Å²) in [5.74, 6) is 1.09. The van der Waals surface area contributed by atoms with Crippen molar-refractivity contribution in [2.75, 3.05) is 5.32 Å². The lowest BCUT2D eigenvalue weighted by molar-refractivity contribution is 0.0690. The van der Waals surface area contributed by atoms with Gasteiger partial charge < -0.3 is 10.4 Å². The Kier molecular flexibility index (Phi) is 2.49. The van der Waals surface area contributed by atoms with Crippen molar-refractivity contribution in [1.29, 1.82) is 0 Å². The van der Waals surface area contributed by atoms with E-state index in [2.05, 4.69) is 10.3 Å². The standard InChI is InChI=1S/C15H17N3O2/c19-15(20)13-14(17-12-3-1-2-6-18(12)13)16-11-8-9-4-5-10(11)7-9/h1-3,6,9-11,16H,4-5,7-8H2,(H,19,20). The van der Waals surface area contributed by atoms with E-state index < -0.39 is 5.97 Å². The molecule has 0 aromatic carbocycles. The quantitative estimate of drug-likeness (QED) is 0.900. The molecular weight excluding hydrogens is 254 g/mol. The number of carboxylic acids is 1. The van der Waals surface area contributed by atoms with Gasteiger partial charge in [-0.05, 0) is 43.2 Å². The molecule has 0 spiro atoms. The molecule has 0 saturated heterocycles. The van der Waals surface area contributed by atoms with E-state index in [9.17, 15) is 9.90 Å². The van der Waals surface area contributed by atoms with Gasteiger partial charge in [0.05, 0.1) is 0 Å². The van der Waals surface area contributed by atoms with Gasteiger partial charge in [0, 0.05) is 12.2 Å². The lowest BCUT2D eigenvalue weighted by Crippen LogP contribution is -2.27. The number of aromatic nitrogens is 2. The number of carboxylic acid groups (broad SMARTS) is 1. The van der Waals surface area contributed by atoms with Crippen LogP contribution < -0.4 is 5.32 Å². The average Bonchev–Trinajstić information content (AvgIpc) is 3.10. The number of aromatic carboxylic acids is 1. The monoisotopic (exact) mass is 271 g/mol. The molecule has 2 bridgehead atoms. The van der Waals surface area contributed by atoms with Crippen molar-refractivity contribution in [3.05, 3.63) is 30.1 Å². The number of pyridine rings is 1. The summed E-state index contributed by atoms with van der Waals surface area (Å²) in [6.45, 7) is 0. The molecule has 0 radical (unpaired) electrons. The number of nitrogens with one attached hydrogen (secondary N) is 1. The van der Waals surface area contributed by atoms with E-state index in [0.717, 1.165) is 12.3 Å². The first-order valence-electron chi connectivity index (χ1n) is 7.19. The third-order valence-corrected chi connectivity index (χ3v) is 4.79. The molecule has 5 nitrogen and oxygen atoms in total. The Morgan fingerprint density at radius 2 is 2.25 bits per heavy atom. The maximum atomic E-state index is 11.5. The molecule has 5 heteroatoms. The fourth-order valence-electron chi connectivity index (χ4n) is 3.90. The molecular formula is C15H17N3O2. The fraction of sp³-hybridized carbons (Fsp3) is 0.467. The van der Waals surface area contributed by atoms with Crippen LogP contribution in [0, 0.1) is 11.8 Å². The third kappa shape index (κ3) is 1.69. The van der Waals surface area contributed by atoms with Gasteiger partial charge in [0.2, 0.25) is 0 Å². The molecule has 3 atom stereocenters. The minimum atomic E-state index is -0.936. The van der Waals surface area contributed by atoms with Gasteiger partial charge >= 0.3 is 5.97 Å². The third-order valence-electron chi connectivity index (χ3n) is 4.79. The highest BCUT2D eigenvalue weighted by molar-refractivity contribution is 5.93. The summed E-state index contributed by atoms with van der Waals surface area (Å²) in [6.07, 6.45) is 6.78. The Hall–Kier alpha value is -2.04. The van der Waals surface area contributed by atoms with Crippen molar-refractivity contribution in [3.8, 4) is 0 Å². The van der Waals surface area contributed by atoms with E-state index in [4.69, 9.17) is 0 Å². The van der Waals surface area contributed by atoms with E-state index in [0.29, 0.717) is 23.4 Å². The molecule has 20 heavy (non-hydrogen) atoms. The zero-order valence-corrected chi connectivity index (χ0v) is 11.1. The van der Waals surface area contributed by atoms with E-state index >= 15 is 0 Å². The van der Waals surface area contributed by atoms with Gasteiger partial charge in [-0.1, -0.05) is 12.5 Å². The first kappa shape index (κ1) is 11.8. The normalized spacial score (nSPS) is 28.1. The zero-order valence-electron chi connectivity index (χ0n) is 11.1. The van der Waals surface area contributed by atoms with Crippen LogP contribution in [-0.4, -0.2) is 26.5 Å². The molecule has 3 unspecified atom stereocenters. The van der Waals surface area contributed by atoms with Crippen molar-refractivity contribution in [3.63, 3.8) is 0 Å². The van der Waals surface area contributed by atoms with Crippen molar-refractivity contribution >= 4 is 17.4 Å². The zero-order chi connectivity index (χ0) is 13.7. The summed E-state index contributed by atoms with van der Waals surface area (Å²) in [7, 11) is 0. The summed E-state index contributed by atoms with van der Waals surface area (Å²) in [4.78, 5) is 16.0. The summed E-state index contributed by atoms with van der Waals surface area (Å²) >= 11 is 0. The minimum Gasteiger partial charge on any atom is -0.476 e. The molecule has 0 aliphatic heterocycles. The first-order valence-corrected chi connectivity index (χ1v) is 7.19. The van der Waals surface area contributed by atoms with Crippen molar-refractivity contribution in [2.45, 2.75) is 31.7 Å². The summed E-state index contributed by atoms with van der Waals surface area (Å²) < 4.78 is 1.64. The van der Waals surface area contributed by atoms with Gasteiger partial charge in [-0.15, -0.1) is 0 Å². The summed E-state index contributed by atoms with van der Waals surface area (Å²) in [6, 6.07) is 5.91. The highest BCUT2D eigenvalue weighted by Crippen LogP contribution is 2.45. The molecule has 4 rings (SSSR count). The number of hydrogen-bond donors (Lipinski definition) is 2. The van der Waals surface area contributed by atoms with Crippen LogP contribution in [0.25, 0.3) is 5.65 Å². The Morgan fingerprint density at radius 3 is 2.95 bits per heavy atom. The predicted molar refractivity (Wildman–Crippen MR) is 75.0 cm³/mol. The molecule has 2 aliphatic rings. The Bertz CT molecular complexity index is 679. The molecule has 2 N–H and O–H groups in total. The molecule has 2 fully saturated rings. The number of imidazole rings is 1. The van der Waals surface area contributed by atoms with Gasteiger partial charge in [0.15, 0.2) is 11.5 Å². The predicted octanol–water partition coefficient (Wildman–Crippen LogP) is 2.63. The number of nitrogens with zero attached hydrogens (tertiary/aromatic N) is 2. The molecule has 104 valence electrons. The summed E-state index contributed by atoms with van der Waals surface area (Å²) in [5, 5.41) is 12.9. The van der Waals surface area contributed by atoms with E-state index in [1.807, 2.05) is 18.2 Å². The van der Waals surface area contributed by atoms with Gasteiger partial charge in [-0.25, -0.2) is 9.78 Å². The van der Waals surface area contributed by atoms with Crippen LogP contribution in [0.2, 0.25) is 0 Å². The number of fused-ring (bicyclic) bond motifs is 3. The second-order valence-corrected chi connectivity index (χ2v) is 5.97. The van der Waals surface area contributed by atoms with E-state index in [-0.39, 0.29) is 5.69 Å². The van der Waals surface area contributed by atoms with Gasteiger partial charge in [0.25, 0.3) is 0 Å². The van der Waals surface area contributed by atoms with Crippen LogP contribution in [0.1, 0.15) is 36.2 Å². The van der Waals surface area contributed by atoms with Crippen LogP contribution in [0.15, 0.2) is 24.4 Å². The number of rotatable bonds is 3. The lowest BCUT2D eigenvalue weighted by Gasteiger charge is -2.23. The number of hydrogen-bond acceptors (Lipinski definition) is 3.